The standard InChI is InChI=1S/C21H20BrN3O5/c1-3-30-18-9-13(15(22)10-17(18)26)8-16-20(28)25(21(29)24-16)11-19(27)23-14-6-4-12(2)5-7-14/h4-10,26H,3,11H2,1-2H3,(H,23,27)(H,24,29)/b16-8+. The van der Waals surface area contributed by atoms with Gasteiger partial charge in [0, 0.05) is 10.2 Å². The van der Waals surface area contributed by atoms with Gasteiger partial charge in [-0.3, -0.25) is 9.59 Å². The first-order valence-electron chi connectivity index (χ1n) is 9.15. The van der Waals surface area contributed by atoms with Crippen molar-refractivity contribution >= 4 is 45.5 Å². The molecular formula is C21H20BrN3O5. The Kier molecular flexibility index (Phi) is 6.41. The third-order valence-electron chi connectivity index (χ3n) is 4.28. The van der Waals surface area contributed by atoms with Crippen LogP contribution in [0.2, 0.25) is 0 Å². The van der Waals surface area contributed by atoms with E-state index in [9.17, 15) is 19.5 Å². The number of benzene rings is 2. The van der Waals surface area contributed by atoms with Crippen molar-refractivity contribution in [2.24, 2.45) is 0 Å². The fraction of sp³-hybridized carbons (Fsp3) is 0.190. The van der Waals surface area contributed by atoms with E-state index in [0.29, 0.717) is 22.3 Å². The summed E-state index contributed by atoms with van der Waals surface area (Å²) in [5.41, 5.74) is 2.15. The Labute approximate surface area is 181 Å². The van der Waals surface area contributed by atoms with Crippen molar-refractivity contribution in [2.45, 2.75) is 13.8 Å². The molecule has 2 aromatic rings. The molecule has 156 valence electrons. The highest BCUT2D eigenvalue weighted by atomic mass is 79.9. The Hall–Kier alpha value is -3.33. The average Bonchev–Trinajstić information content (AvgIpc) is 2.95. The van der Waals surface area contributed by atoms with Crippen molar-refractivity contribution < 1.29 is 24.2 Å². The fourth-order valence-electron chi connectivity index (χ4n) is 2.79. The molecule has 3 N–H and O–H groups in total. The molecule has 1 heterocycles. The van der Waals surface area contributed by atoms with Crippen molar-refractivity contribution in [1.82, 2.24) is 10.2 Å². The molecule has 1 aliphatic rings. The lowest BCUT2D eigenvalue weighted by molar-refractivity contribution is -0.127. The molecule has 1 saturated heterocycles. The van der Waals surface area contributed by atoms with E-state index in [1.54, 1.807) is 25.1 Å². The number of hydrogen-bond acceptors (Lipinski definition) is 5. The first kappa shape index (κ1) is 21.4. The third-order valence-corrected chi connectivity index (χ3v) is 4.96. The molecule has 9 heteroatoms. The molecule has 1 fully saturated rings. The van der Waals surface area contributed by atoms with Crippen LogP contribution in [0.1, 0.15) is 18.1 Å². The molecule has 0 aliphatic carbocycles. The minimum absolute atomic E-state index is 0.0111. The zero-order valence-electron chi connectivity index (χ0n) is 16.4. The van der Waals surface area contributed by atoms with E-state index >= 15 is 0 Å². The van der Waals surface area contributed by atoms with Gasteiger partial charge in [0.1, 0.15) is 12.2 Å². The minimum Gasteiger partial charge on any atom is -0.504 e. The number of urea groups is 1. The van der Waals surface area contributed by atoms with E-state index in [2.05, 4.69) is 26.6 Å². The summed E-state index contributed by atoms with van der Waals surface area (Å²) in [6.45, 7) is 3.64. The number of carbonyl (C=O) groups is 3. The van der Waals surface area contributed by atoms with Crippen LogP contribution in [0.25, 0.3) is 6.08 Å². The molecule has 3 rings (SSSR count). The van der Waals surface area contributed by atoms with E-state index in [0.717, 1.165) is 10.5 Å². The lowest BCUT2D eigenvalue weighted by atomic mass is 10.1. The van der Waals surface area contributed by atoms with Crippen LogP contribution in [0, 0.1) is 6.92 Å². The molecule has 0 bridgehead atoms. The van der Waals surface area contributed by atoms with Crippen LogP contribution in [-0.2, 0) is 9.59 Å². The van der Waals surface area contributed by atoms with Gasteiger partial charge in [-0.1, -0.05) is 33.6 Å². The molecule has 0 spiro atoms. The van der Waals surface area contributed by atoms with Gasteiger partial charge in [-0.15, -0.1) is 0 Å². The number of nitrogens with zero attached hydrogens (tertiary/aromatic N) is 1. The van der Waals surface area contributed by atoms with Gasteiger partial charge < -0.3 is 20.5 Å². The lowest BCUT2D eigenvalue weighted by Gasteiger charge is -2.12. The largest absolute Gasteiger partial charge is 0.504 e. The molecule has 0 atom stereocenters. The van der Waals surface area contributed by atoms with Gasteiger partial charge >= 0.3 is 6.03 Å². The van der Waals surface area contributed by atoms with Gasteiger partial charge in [0.15, 0.2) is 11.5 Å². The number of ether oxygens (including phenoxy) is 1. The van der Waals surface area contributed by atoms with Crippen LogP contribution in [0.3, 0.4) is 0 Å². The Morgan fingerprint density at radius 1 is 1.27 bits per heavy atom. The van der Waals surface area contributed by atoms with E-state index in [1.807, 2.05) is 19.1 Å². The molecule has 0 unspecified atom stereocenters. The number of phenols is 1. The summed E-state index contributed by atoms with van der Waals surface area (Å²) in [4.78, 5) is 38.0. The number of imide groups is 1. The minimum atomic E-state index is -0.690. The second-order valence-electron chi connectivity index (χ2n) is 6.57. The van der Waals surface area contributed by atoms with E-state index in [4.69, 9.17) is 4.74 Å². The van der Waals surface area contributed by atoms with Crippen LogP contribution < -0.4 is 15.4 Å². The van der Waals surface area contributed by atoms with Crippen LogP contribution in [-0.4, -0.2) is 41.0 Å². The summed E-state index contributed by atoms with van der Waals surface area (Å²) in [6, 6.07) is 9.45. The number of nitrogens with one attached hydrogen (secondary N) is 2. The number of aromatic hydroxyl groups is 1. The number of anilines is 1. The molecule has 2 aromatic carbocycles. The van der Waals surface area contributed by atoms with Gasteiger partial charge in [0.05, 0.1) is 6.61 Å². The van der Waals surface area contributed by atoms with E-state index in [1.165, 1.54) is 12.1 Å². The summed E-state index contributed by atoms with van der Waals surface area (Å²) in [5.74, 6) is -0.925. The van der Waals surface area contributed by atoms with Crippen LogP contribution >= 0.6 is 15.9 Å². The first-order chi connectivity index (χ1) is 14.3. The number of aryl methyl sites for hydroxylation is 1. The van der Waals surface area contributed by atoms with Crippen molar-refractivity contribution in [2.75, 3.05) is 18.5 Å². The van der Waals surface area contributed by atoms with Crippen molar-refractivity contribution in [3.63, 3.8) is 0 Å². The normalized spacial score (nSPS) is 14.8. The van der Waals surface area contributed by atoms with Gasteiger partial charge in [0.2, 0.25) is 5.91 Å². The molecule has 4 amide bonds. The second-order valence-corrected chi connectivity index (χ2v) is 7.42. The summed E-state index contributed by atoms with van der Waals surface area (Å²) in [5, 5.41) is 15.0. The van der Waals surface area contributed by atoms with Crippen molar-refractivity contribution in [1.29, 1.82) is 0 Å². The Balaban J connectivity index is 1.75. The topological polar surface area (TPSA) is 108 Å². The Morgan fingerprint density at radius 2 is 1.97 bits per heavy atom. The maximum atomic E-state index is 12.6. The molecule has 0 saturated carbocycles. The van der Waals surface area contributed by atoms with Crippen molar-refractivity contribution in [3.05, 3.63) is 57.7 Å². The maximum absolute atomic E-state index is 12.6. The summed E-state index contributed by atoms with van der Waals surface area (Å²) in [6.07, 6.45) is 1.45. The third kappa shape index (κ3) is 4.80. The number of carbonyl (C=O) groups excluding carboxylic acids is 3. The molecule has 1 aliphatic heterocycles. The van der Waals surface area contributed by atoms with Crippen LogP contribution in [0.4, 0.5) is 10.5 Å². The number of hydrogen-bond donors (Lipinski definition) is 3. The highest BCUT2D eigenvalue weighted by molar-refractivity contribution is 9.10. The molecule has 0 aromatic heterocycles. The smallest absolute Gasteiger partial charge is 0.329 e. The van der Waals surface area contributed by atoms with Crippen LogP contribution in [0.15, 0.2) is 46.6 Å². The second kappa shape index (κ2) is 9.00. The lowest BCUT2D eigenvalue weighted by Crippen LogP contribution is -2.38. The highest BCUT2D eigenvalue weighted by Crippen LogP contribution is 2.34. The summed E-state index contributed by atoms with van der Waals surface area (Å²) >= 11 is 3.31. The number of phenolic OH excluding ortho intramolecular Hbond substituents is 1. The summed E-state index contributed by atoms with van der Waals surface area (Å²) in [7, 11) is 0. The number of amides is 4. The number of halogens is 1. The zero-order chi connectivity index (χ0) is 21.8. The van der Waals surface area contributed by atoms with Gasteiger partial charge in [-0.05, 0) is 49.8 Å². The fourth-order valence-corrected chi connectivity index (χ4v) is 3.24. The average molecular weight is 474 g/mol. The molecule has 30 heavy (non-hydrogen) atoms. The highest BCUT2D eigenvalue weighted by Gasteiger charge is 2.35. The first-order valence-corrected chi connectivity index (χ1v) is 9.94. The van der Waals surface area contributed by atoms with Gasteiger partial charge in [-0.2, -0.15) is 0 Å². The van der Waals surface area contributed by atoms with Gasteiger partial charge in [0.25, 0.3) is 5.91 Å². The van der Waals surface area contributed by atoms with E-state index in [-0.39, 0.29) is 17.2 Å². The Bertz CT molecular complexity index is 1030. The maximum Gasteiger partial charge on any atom is 0.329 e. The molecular weight excluding hydrogens is 454 g/mol. The van der Waals surface area contributed by atoms with Crippen molar-refractivity contribution in [3.8, 4) is 11.5 Å². The quantitative estimate of drug-likeness (QED) is 0.440. The molecule has 0 radical (unpaired) electrons. The zero-order valence-corrected chi connectivity index (χ0v) is 17.9. The van der Waals surface area contributed by atoms with E-state index < -0.39 is 24.4 Å². The summed E-state index contributed by atoms with van der Waals surface area (Å²) < 4.78 is 5.85. The monoisotopic (exact) mass is 473 g/mol. The van der Waals surface area contributed by atoms with Gasteiger partial charge in [-0.25, -0.2) is 9.69 Å². The predicted molar refractivity (Wildman–Crippen MR) is 115 cm³/mol. The van der Waals surface area contributed by atoms with Crippen LogP contribution in [0.5, 0.6) is 11.5 Å². The molecule has 8 nitrogen and oxygen atoms in total. The predicted octanol–water partition coefficient (Wildman–Crippen LogP) is 3.39. The SMILES string of the molecule is CCOc1cc(/C=C2/NC(=O)N(CC(=O)Nc3ccc(C)cc3)C2=O)c(Br)cc1O. The Morgan fingerprint density at radius 3 is 2.63 bits per heavy atom. The number of rotatable bonds is 6.